The number of hydrogen-bond acceptors (Lipinski definition) is 4. The Kier molecular flexibility index (Phi) is 4.26. The van der Waals surface area contributed by atoms with Gasteiger partial charge in [-0.3, -0.25) is 4.79 Å². The molecule has 1 atom stereocenters. The second kappa shape index (κ2) is 5.66. The summed E-state index contributed by atoms with van der Waals surface area (Å²) in [7, 11) is -2.75. The number of nitrogens with two attached hydrogens (primary N) is 1. The monoisotopic (exact) mass is 320 g/mol. The van der Waals surface area contributed by atoms with Crippen molar-refractivity contribution in [2.75, 3.05) is 20.2 Å². The summed E-state index contributed by atoms with van der Waals surface area (Å²) in [5.74, 6) is -3.63. The largest absolute Gasteiger partial charge is 0.380 e. The predicted octanol–water partition coefficient (Wildman–Crippen LogP) is 0.473. The molecule has 116 valence electrons. The average molecular weight is 320 g/mol. The number of nitrogens with zero attached hydrogens (tertiary/aromatic N) is 1. The number of halogens is 2. The van der Waals surface area contributed by atoms with Gasteiger partial charge in [-0.2, -0.15) is 0 Å². The minimum Gasteiger partial charge on any atom is -0.380 e. The quantitative estimate of drug-likeness (QED) is 0.877. The van der Waals surface area contributed by atoms with Crippen molar-refractivity contribution in [3.05, 3.63) is 29.3 Å². The van der Waals surface area contributed by atoms with Crippen LogP contribution in [0.25, 0.3) is 0 Å². The van der Waals surface area contributed by atoms with Crippen molar-refractivity contribution in [1.82, 2.24) is 4.90 Å². The fourth-order valence-electron chi connectivity index (χ4n) is 2.16. The highest BCUT2D eigenvalue weighted by molar-refractivity contribution is 7.89. The summed E-state index contributed by atoms with van der Waals surface area (Å²) in [5.41, 5.74) is -0.657. The number of rotatable bonds is 3. The van der Waals surface area contributed by atoms with Crippen LogP contribution >= 0.6 is 0 Å². The fourth-order valence-corrected chi connectivity index (χ4v) is 2.71. The number of amides is 1. The smallest absolute Gasteiger partial charge is 0.257 e. The molecule has 2 N–H and O–H groups in total. The first kappa shape index (κ1) is 15.8. The Morgan fingerprint density at radius 3 is 2.62 bits per heavy atom. The van der Waals surface area contributed by atoms with Crippen molar-refractivity contribution in [1.29, 1.82) is 0 Å². The molecule has 0 spiro atoms. The Morgan fingerprint density at radius 1 is 1.43 bits per heavy atom. The van der Waals surface area contributed by atoms with Crippen molar-refractivity contribution in [2.24, 2.45) is 5.14 Å². The van der Waals surface area contributed by atoms with Crippen LogP contribution in [-0.2, 0) is 14.8 Å². The van der Waals surface area contributed by atoms with Gasteiger partial charge in [-0.15, -0.1) is 0 Å². The number of likely N-dealkylation sites (tertiary alicyclic amines) is 1. The van der Waals surface area contributed by atoms with Crippen molar-refractivity contribution >= 4 is 15.9 Å². The highest BCUT2D eigenvalue weighted by Crippen LogP contribution is 2.22. The van der Waals surface area contributed by atoms with Crippen molar-refractivity contribution in [3.8, 4) is 0 Å². The minimum atomic E-state index is -4.24. The van der Waals surface area contributed by atoms with E-state index in [4.69, 9.17) is 9.88 Å². The molecule has 0 aromatic heterocycles. The Labute approximate surface area is 120 Å². The molecule has 1 aliphatic heterocycles. The zero-order chi connectivity index (χ0) is 15.8. The summed E-state index contributed by atoms with van der Waals surface area (Å²) in [6, 6.07) is 1.19. The minimum absolute atomic E-state index is 0.178. The van der Waals surface area contributed by atoms with Gasteiger partial charge < -0.3 is 9.64 Å². The van der Waals surface area contributed by atoms with Crippen LogP contribution in [-0.4, -0.2) is 45.5 Å². The lowest BCUT2D eigenvalue weighted by atomic mass is 10.2. The van der Waals surface area contributed by atoms with E-state index in [1.807, 2.05) is 0 Å². The standard InChI is InChI=1S/C12H14F2N2O4S/c1-20-7-2-3-16(6-7)12(17)9-4-8(21(15,18)19)5-10(13)11(9)14/h4-5,7H,2-3,6H2,1H3,(H2,15,18,19). The topological polar surface area (TPSA) is 89.7 Å². The number of ether oxygens (including phenoxy) is 1. The molecular weight excluding hydrogens is 306 g/mol. The molecule has 1 aliphatic rings. The Hall–Kier alpha value is -1.58. The average Bonchev–Trinajstić information content (AvgIpc) is 2.88. The predicted molar refractivity (Wildman–Crippen MR) is 69.0 cm³/mol. The van der Waals surface area contributed by atoms with Crippen LogP contribution in [0.15, 0.2) is 17.0 Å². The first-order chi connectivity index (χ1) is 9.74. The molecule has 1 amide bonds. The lowest BCUT2D eigenvalue weighted by Crippen LogP contribution is -2.31. The van der Waals surface area contributed by atoms with Gasteiger partial charge >= 0.3 is 0 Å². The maximum atomic E-state index is 13.8. The molecule has 2 rings (SSSR count). The number of benzene rings is 1. The van der Waals surface area contributed by atoms with Gasteiger partial charge in [-0.05, 0) is 18.6 Å². The van der Waals surface area contributed by atoms with E-state index < -0.39 is 38.0 Å². The fraction of sp³-hybridized carbons (Fsp3) is 0.417. The van der Waals surface area contributed by atoms with Crippen molar-refractivity contribution in [2.45, 2.75) is 17.4 Å². The van der Waals surface area contributed by atoms with Gasteiger partial charge in [0.15, 0.2) is 11.6 Å². The number of primary sulfonamides is 1. The summed E-state index contributed by atoms with van der Waals surface area (Å²) in [4.78, 5) is 12.8. The van der Waals surface area contributed by atoms with Crippen LogP contribution in [0.1, 0.15) is 16.8 Å². The Balaban J connectivity index is 2.39. The molecule has 1 fully saturated rings. The number of carbonyl (C=O) groups is 1. The lowest BCUT2D eigenvalue weighted by molar-refractivity contribution is 0.0718. The molecule has 0 saturated carbocycles. The van der Waals surface area contributed by atoms with Gasteiger partial charge in [0.1, 0.15) is 0 Å². The van der Waals surface area contributed by atoms with Gasteiger partial charge in [-0.25, -0.2) is 22.3 Å². The van der Waals surface area contributed by atoms with Crippen molar-refractivity contribution < 1.29 is 26.7 Å². The van der Waals surface area contributed by atoms with E-state index in [9.17, 15) is 22.0 Å². The lowest BCUT2D eigenvalue weighted by Gasteiger charge is -2.17. The summed E-state index contributed by atoms with van der Waals surface area (Å²) in [6.45, 7) is 0.550. The molecule has 1 saturated heterocycles. The maximum absolute atomic E-state index is 13.8. The second-order valence-corrected chi connectivity index (χ2v) is 6.27. The van der Waals surface area contributed by atoms with E-state index >= 15 is 0 Å². The number of hydrogen-bond donors (Lipinski definition) is 1. The summed E-state index contributed by atoms with van der Waals surface area (Å²) < 4.78 is 54.8. The summed E-state index contributed by atoms with van der Waals surface area (Å²) >= 11 is 0. The van der Waals surface area contributed by atoms with E-state index in [1.165, 1.54) is 12.0 Å². The number of carbonyl (C=O) groups excluding carboxylic acids is 1. The SMILES string of the molecule is COC1CCN(C(=O)c2cc(S(N)(=O)=O)cc(F)c2F)C1. The third-order valence-electron chi connectivity index (χ3n) is 3.33. The van der Waals surface area contributed by atoms with Gasteiger partial charge in [0.25, 0.3) is 5.91 Å². The molecule has 1 unspecified atom stereocenters. The van der Waals surface area contributed by atoms with Crippen LogP contribution in [0.2, 0.25) is 0 Å². The number of sulfonamides is 1. The van der Waals surface area contributed by atoms with Crippen LogP contribution in [0.5, 0.6) is 0 Å². The zero-order valence-electron chi connectivity index (χ0n) is 11.2. The summed E-state index contributed by atoms with van der Waals surface area (Å²) in [6.07, 6.45) is 0.393. The molecule has 0 aliphatic carbocycles. The van der Waals surface area contributed by atoms with Gasteiger partial charge in [0.05, 0.1) is 16.6 Å². The molecule has 6 nitrogen and oxygen atoms in total. The van der Waals surface area contributed by atoms with E-state index in [-0.39, 0.29) is 12.6 Å². The molecular formula is C12H14F2N2O4S. The Morgan fingerprint density at radius 2 is 2.10 bits per heavy atom. The first-order valence-electron chi connectivity index (χ1n) is 6.08. The highest BCUT2D eigenvalue weighted by atomic mass is 32.2. The van der Waals surface area contributed by atoms with E-state index in [1.54, 1.807) is 0 Å². The molecule has 1 aromatic rings. The molecule has 21 heavy (non-hydrogen) atoms. The van der Waals surface area contributed by atoms with Crippen LogP contribution in [0.3, 0.4) is 0 Å². The zero-order valence-corrected chi connectivity index (χ0v) is 12.0. The highest BCUT2D eigenvalue weighted by Gasteiger charge is 2.30. The number of methoxy groups -OCH3 is 1. The van der Waals surface area contributed by atoms with E-state index in [0.29, 0.717) is 19.0 Å². The normalized spacial score (nSPS) is 19.0. The van der Waals surface area contributed by atoms with Crippen LogP contribution in [0, 0.1) is 11.6 Å². The molecule has 1 aromatic carbocycles. The van der Waals surface area contributed by atoms with Gasteiger partial charge in [0.2, 0.25) is 10.0 Å². The van der Waals surface area contributed by atoms with Gasteiger partial charge in [0, 0.05) is 20.2 Å². The second-order valence-electron chi connectivity index (χ2n) is 4.71. The third kappa shape index (κ3) is 3.20. The third-order valence-corrected chi connectivity index (χ3v) is 4.22. The molecule has 0 bridgehead atoms. The van der Waals surface area contributed by atoms with Crippen LogP contribution < -0.4 is 5.14 Å². The van der Waals surface area contributed by atoms with Gasteiger partial charge in [-0.1, -0.05) is 0 Å². The first-order valence-corrected chi connectivity index (χ1v) is 7.62. The molecule has 0 radical (unpaired) electrons. The molecule has 1 heterocycles. The Bertz CT molecular complexity index is 678. The maximum Gasteiger partial charge on any atom is 0.257 e. The van der Waals surface area contributed by atoms with Crippen molar-refractivity contribution in [3.63, 3.8) is 0 Å². The van der Waals surface area contributed by atoms with Crippen LogP contribution in [0.4, 0.5) is 8.78 Å². The summed E-state index contributed by atoms with van der Waals surface area (Å²) in [5, 5.41) is 4.88. The van der Waals surface area contributed by atoms with E-state index in [0.717, 1.165) is 6.07 Å². The molecule has 9 heteroatoms. The van der Waals surface area contributed by atoms with E-state index in [2.05, 4.69) is 0 Å².